The maximum atomic E-state index is 15.6. The van der Waals surface area contributed by atoms with Gasteiger partial charge in [-0.15, -0.1) is 0 Å². The van der Waals surface area contributed by atoms with Crippen LogP contribution >= 0.6 is 0 Å². The summed E-state index contributed by atoms with van der Waals surface area (Å²) in [6.45, 7) is 5.91. The zero-order valence-corrected chi connectivity index (χ0v) is 17.2. The molecule has 0 saturated carbocycles. The molecule has 0 spiro atoms. The van der Waals surface area contributed by atoms with E-state index in [0.717, 1.165) is 19.1 Å². The molecule has 2 rings (SSSR count). The monoisotopic (exact) mass is 415 g/mol. The number of sulfone groups is 1. The van der Waals surface area contributed by atoms with E-state index in [2.05, 4.69) is 4.72 Å². The third-order valence-electron chi connectivity index (χ3n) is 4.18. The van der Waals surface area contributed by atoms with Gasteiger partial charge in [0.05, 0.1) is 20.6 Å². The molecule has 0 aliphatic carbocycles. The van der Waals surface area contributed by atoms with Gasteiger partial charge < -0.3 is 0 Å². The van der Waals surface area contributed by atoms with Crippen LogP contribution in [0.25, 0.3) is 0 Å². The first-order chi connectivity index (χ1) is 12.3. The fraction of sp³-hybridized carbons (Fsp3) is 0.368. The number of hydrogen-bond acceptors (Lipinski definition) is 3. The second kappa shape index (κ2) is 7.41. The third kappa shape index (κ3) is 3.97. The molecule has 1 N–H and O–H groups in total. The van der Waals surface area contributed by atoms with Gasteiger partial charge in [-0.3, -0.25) is 0 Å². The van der Waals surface area contributed by atoms with E-state index in [-0.39, 0.29) is 5.56 Å². The van der Waals surface area contributed by atoms with E-state index in [4.69, 9.17) is 0 Å². The molecule has 2 aromatic rings. The Morgan fingerprint density at radius 3 is 1.74 bits per heavy atom. The van der Waals surface area contributed by atoms with Crippen LogP contribution in [0.1, 0.15) is 33.3 Å². The fourth-order valence-electron chi connectivity index (χ4n) is 2.41. The highest BCUT2D eigenvalue weighted by atomic mass is 32.2. The molecule has 2 aromatic carbocycles. The molecule has 0 aliphatic heterocycles. The minimum absolute atomic E-state index is 0.0205. The largest absolute Gasteiger partial charge is 0.372 e. The summed E-state index contributed by atoms with van der Waals surface area (Å²) < 4.78 is 71.0. The molecule has 0 amide bonds. The first kappa shape index (κ1) is 21.7. The lowest BCUT2D eigenvalue weighted by Crippen LogP contribution is -2.59. The summed E-state index contributed by atoms with van der Waals surface area (Å²) in [6.07, 6.45) is 0. The lowest BCUT2D eigenvalue weighted by atomic mass is 9.93. The van der Waals surface area contributed by atoms with Crippen molar-refractivity contribution in [3.63, 3.8) is 0 Å². The minimum Gasteiger partial charge on any atom is -0.242 e. The van der Waals surface area contributed by atoms with Gasteiger partial charge in [0.1, 0.15) is 5.54 Å². The third-order valence-corrected chi connectivity index (χ3v) is 7.86. The van der Waals surface area contributed by atoms with Crippen molar-refractivity contribution in [2.45, 2.75) is 48.1 Å². The van der Waals surface area contributed by atoms with Gasteiger partial charge in [-0.25, -0.2) is 17.3 Å². The van der Waals surface area contributed by atoms with Crippen LogP contribution < -0.4 is 4.72 Å². The lowest BCUT2D eigenvalue weighted by molar-refractivity contribution is 0.00385. The van der Waals surface area contributed by atoms with E-state index < -0.39 is 41.3 Å². The van der Waals surface area contributed by atoms with Crippen LogP contribution in [-0.2, 0) is 26.4 Å². The van der Waals surface area contributed by atoms with Crippen LogP contribution in [0.15, 0.2) is 65.6 Å². The molecule has 0 heterocycles. The topological polar surface area (TPSA) is 63.2 Å². The van der Waals surface area contributed by atoms with Gasteiger partial charge in [0.15, 0.2) is 0 Å². The average Bonchev–Trinajstić information content (AvgIpc) is 2.62. The molecule has 0 aromatic heterocycles. The number of nitrogens with one attached hydrogen (secondary N) is 1. The van der Waals surface area contributed by atoms with Crippen LogP contribution in [-0.4, -0.2) is 22.6 Å². The summed E-state index contributed by atoms with van der Waals surface area (Å²) in [6, 6.07) is 14.0. The lowest BCUT2D eigenvalue weighted by Gasteiger charge is -2.39. The Morgan fingerprint density at radius 1 is 0.852 bits per heavy atom. The van der Waals surface area contributed by atoms with E-state index in [1.165, 1.54) is 36.4 Å². The van der Waals surface area contributed by atoms with E-state index >= 15 is 8.78 Å². The Bertz CT molecular complexity index is 911. The summed E-state index contributed by atoms with van der Waals surface area (Å²) in [5, 5.41) is -4.27. The second-order valence-electron chi connectivity index (χ2n) is 7.31. The summed E-state index contributed by atoms with van der Waals surface area (Å²) in [7, 11) is -7.01. The van der Waals surface area contributed by atoms with Gasteiger partial charge in [0.2, 0.25) is 9.84 Å². The molecule has 8 heteroatoms. The highest BCUT2D eigenvalue weighted by Crippen LogP contribution is 2.45. The van der Waals surface area contributed by atoms with Crippen LogP contribution in [0.3, 0.4) is 0 Å². The van der Waals surface area contributed by atoms with Gasteiger partial charge in [-0.1, -0.05) is 48.5 Å². The van der Waals surface area contributed by atoms with Gasteiger partial charge in [-0.2, -0.15) is 8.78 Å². The van der Waals surface area contributed by atoms with Gasteiger partial charge >= 0.3 is 5.25 Å². The molecule has 0 radical (unpaired) electrons. The van der Waals surface area contributed by atoms with Crippen LogP contribution in [0, 0.1) is 0 Å². The molecule has 0 aliphatic rings. The number of alkyl halides is 2. The molecular formula is C19H23F2NO3S2. The molecule has 0 bridgehead atoms. The normalized spacial score (nSPS) is 16.5. The summed E-state index contributed by atoms with van der Waals surface area (Å²) in [4.78, 5) is -0.500. The Labute approximate surface area is 161 Å². The van der Waals surface area contributed by atoms with Crippen molar-refractivity contribution in [2.24, 2.45) is 0 Å². The number of halogens is 2. The molecule has 0 fully saturated rings. The molecule has 2 atom stereocenters. The van der Waals surface area contributed by atoms with Crippen LogP contribution in [0.4, 0.5) is 8.78 Å². The maximum Gasteiger partial charge on any atom is 0.372 e. The summed E-state index contributed by atoms with van der Waals surface area (Å²) >= 11 is 0. The predicted molar refractivity (Wildman–Crippen MR) is 103 cm³/mol. The molecule has 4 nitrogen and oxygen atoms in total. The number of hydrogen-bond donors (Lipinski definition) is 1. The molecular weight excluding hydrogens is 392 g/mol. The Hall–Kier alpha value is -1.64. The molecule has 148 valence electrons. The summed E-state index contributed by atoms with van der Waals surface area (Å²) in [5.41, 5.74) is -2.40. The fourth-order valence-corrected chi connectivity index (χ4v) is 4.92. The minimum atomic E-state index is -5.07. The van der Waals surface area contributed by atoms with Crippen LogP contribution in [0.5, 0.6) is 0 Å². The first-order valence-electron chi connectivity index (χ1n) is 8.27. The second-order valence-corrected chi connectivity index (χ2v) is 11.3. The summed E-state index contributed by atoms with van der Waals surface area (Å²) in [5.74, 6) is 0. The quantitative estimate of drug-likeness (QED) is 0.775. The molecule has 0 unspecified atom stereocenters. The van der Waals surface area contributed by atoms with E-state index in [9.17, 15) is 12.6 Å². The Kier molecular flexibility index (Phi) is 5.94. The SMILES string of the molecule is CC(C)(C)[S@@](=O)N[C@](C)(c1ccccc1)C(F)(F)S(=O)(=O)c1ccccc1. The Morgan fingerprint density at radius 2 is 1.30 bits per heavy atom. The van der Waals surface area contributed by atoms with Gasteiger partial charge in [0, 0.05) is 0 Å². The van der Waals surface area contributed by atoms with Crippen molar-refractivity contribution in [3.8, 4) is 0 Å². The van der Waals surface area contributed by atoms with Crippen molar-refractivity contribution in [1.29, 1.82) is 0 Å². The van der Waals surface area contributed by atoms with Crippen molar-refractivity contribution >= 4 is 20.8 Å². The Balaban J connectivity index is 2.67. The first-order valence-corrected chi connectivity index (χ1v) is 10.9. The van der Waals surface area contributed by atoms with E-state index in [1.54, 1.807) is 32.9 Å². The van der Waals surface area contributed by atoms with E-state index in [0.29, 0.717) is 0 Å². The van der Waals surface area contributed by atoms with Crippen molar-refractivity contribution in [3.05, 3.63) is 66.2 Å². The highest BCUT2D eigenvalue weighted by molar-refractivity contribution is 7.92. The maximum absolute atomic E-state index is 15.6. The zero-order chi connectivity index (χ0) is 20.5. The number of benzene rings is 2. The number of rotatable bonds is 6. The van der Waals surface area contributed by atoms with Gasteiger partial charge in [-0.05, 0) is 45.4 Å². The molecule has 0 saturated heterocycles. The average molecular weight is 416 g/mol. The van der Waals surface area contributed by atoms with Crippen molar-refractivity contribution < 1.29 is 21.4 Å². The van der Waals surface area contributed by atoms with Gasteiger partial charge in [0.25, 0.3) is 0 Å². The smallest absolute Gasteiger partial charge is 0.242 e. The van der Waals surface area contributed by atoms with Crippen molar-refractivity contribution in [1.82, 2.24) is 4.72 Å². The van der Waals surface area contributed by atoms with Crippen molar-refractivity contribution in [2.75, 3.05) is 0 Å². The zero-order valence-electron chi connectivity index (χ0n) is 15.6. The van der Waals surface area contributed by atoms with Crippen LogP contribution in [0.2, 0.25) is 0 Å². The molecule has 27 heavy (non-hydrogen) atoms. The predicted octanol–water partition coefficient (Wildman–Crippen LogP) is 4.02. The standard InChI is InChI=1S/C19H23F2NO3S2/c1-17(2,3)26(23)22-18(4,15-11-7-5-8-12-15)19(20,21)27(24,25)16-13-9-6-10-14-16/h5-14,22H,1-4H3/t18-,26-/m1/s1. The highest BCUT2D eigenvalue weighted by Gasteiger charge is 2.62. The van der Waals surface area contributed by atoms with E-state index in [1.807, 2.05) is 0 Å².